The SMILES string of the molecule is Cc1cc(NC(=O)Cc2ccc(Br)cc2)ccc1O. The average Bonchev–Trinajstić information content (AvgIpc) is 2.37. The van der Waals surface area contributed by atoms with Crippen molar-refractivity contribution < 1.29 is 9.90 Å². The van der Waals surface area contributed by atoms with Gasteiger partial charge in [-0.3, -0.25) is 4.79 Å². The smallest absolute Gasteiger partial charge is 0.228 e. The fourth-order valence-corrected chi connectivity index (χ4v) is 1.99. The van der Waals surface area contributed by atoms with Gasteiger partial charge in [0.2, 0.25) is 5.91 Å². The molecule has 0 aliphatic rings. The molecule has 1 amide bonds. The van der Waals surface area contributed by atoms with Gasteiger partial charge in [0, 0.05) is 10.2 Å². The van der Waals surface area contributed by atoms with Crippen molar-refractivity contribution in [2.24, 2.45) is 0 Å². The van der Waals surface area contributed by atoms with Crippen molar-refractivity contribution in [3.05, 3.63) is 58.1 Å². The van der Waals surface area contributed by atoms with E-state index in [4.69, 9.17) is 0 Å². The van der Waals surface area contributed by atoms with Gasteiger partial charge in [0.25, 0.3) is 0 Å². The van der Waals surface area contributed by atoms with E-state index < -0.39 is 0 Å². The first-order valence-corrected chi connectivity index (χ1v) is 6.68. The standard InChI is InChI=1S/C15H14BrNO2/c1-10-8-13(6-7-14(10)18)17-15(19)9-11-2-4-12(16)5-3-11/h2-8,18H,9H2,1H3,(H,17,19). The molecule has 0 atom stereocenters. The van der Waals surface area contributed by atoms with Crippen LogP contribution in [-0.2, 0) is 11.2 Å². The second-order valence-corrected chi connectivity index (χ2v) is 5.27. The number of hydrogen-bond donors (Lipinski definition) is 2. The van der Waals surface area contributed by atoms with Crippen molar-refractivity contribution in [2.75, 3.05) is 5.32 Å². The number of carbonyl (C=O) groups excluding carboxylic acids is 1. The molecule has 0 aromatic heterocycles. The van der Waals surface area contributed by atoms with Crippen LogP contribution in [0.5, 0.6) is 5.75 Å². The quantitative estimate of drug-likeness (QED) is 0.848. The number of nitrogens with one attached hydrogen (secondary N) is 1. The lowest BCUT2D eigenvalue weighted by molar-refractivity contribution is -0.115. The van der Waals surface area contributed by atoms with Crippen LogP contribution >= 0.6 is 15.9 Å². The largest absolute Gasteiger partial charge is 0.508 e. The summed E-state index contributed by atoms with van der Waals surface area (Å²) in [4.78, 5) is 11.9. The topological polar surface area (TPSA) is 49.3 Å². The van der Waals surface area contributed by atoms with Gasteiger partial charge in [-0.1, -0.05) is 28.1 Å². The third-order valence-electron chi connectivity index (χ3n) is 2.76. The van der Waals surface area contributed by atoms with E-state index in [0.29, 0.717) is 12.1 Å². The Kier molecular flexibility index (Phi) is 4.22. The summed E-state index contributed by atoms with van der Waals surface area (Å²) >= 11 is 3.36. The van der Waals surface area contributed by atoms with Gasteiger partial charge in [-0.25, -0.2) is 0 Å². The third kappa shape index (κ3) is 3.83. The number of rotatable bonds is 3. The van der Waals surface area contributed by atoms with Gasteiger partial charge in [-0.15, -0.1) is 0 Å². The second-order valence-electron chi connectivity index (χ2n) is 4.35. The molecule has 0 spiro atoms. The van der Waals surface area contributed by atoms with Crippen molar-refractivity contribution in [2.45, 2.75) is 13.3 Å². The van der Waals surface area contributed by atoms with Crippen LogP contribution in [-0.4, -0.2) is 11.0 Å². The van der Waals surface area contributed by atoms with Gasteiger partial charge < -0.3 is 10.4 Å². The Bertz CT molecular complexity index is 594. The number of phenolic OH excluding ortho intramolecular Hbond substituents is 1. The number of amides is 1. The number of carbonyl (C=O) groups is 1. The van der Waals surface area contributed by atoms with Gasteiger partial charge in [0.15, 0.2) is 0 Å². The van der Waals surface area contributed by atoms with Crippen molar-refractivity contribution in [3.8, 4) is 5.75 Å². The number of halogens is 1. The minimum atomic E-state index is -0.0765. The molecule has 0 radical (unpaired) electrons. The summed E-state index contributed by atoms with van der Waals surface area (Å²) < 4.78 is 0.991. The molecule has 0 fully saturated rings. The molecule has 0 heterocycles. The molecule has 4 heteroatoms. The summed E-state index contributed by atoms with van der Waals surface area (Å²) in [7, 11) is 0. The van der Waals surface area contributed by atoms with Crippen LogP contribution in [0, 0.1) is 6.92 Å². The molecule has 0 aliphatic heterocycles. The Labute approximate surface area is 120 Å². The average molecular weight is 320 g/mol. The second kappa shape index (κ2) is 5.89. The summed E-state index contributed by atoms with van der Waals surface area (Å²) in [5.74, 6) is 0.151. The molecule has 3 nitrogen and oxygen atoms in total. The molecule has 0 unspecified atom stereocenters. The zero-order valence-electron chi connectivity index (χ0n) is 10.5. The molecule has 0 saturated heterocycles. The van der Waals surface area contributed by atoms with Crippen LogP contribution < -0.4 is 5.32 Å². The third-order valence-corrected chi connectivity index (χ3v) is 3.29. The minimum absolute atomic E-state index is 0.0765. The lowest BCUT2D eigenvalue weighted by Gasteiger charge is -2.07. The minimum Gasteiger partial charge on any atom is -0.508 e. The van der Waals surface area contributed by atoms with Gasteiger partial charge >= 0.3 is 0 Å². The van der Waals surface area contributed by atoms with Crippen LogP contribution in [0.15, 0.2) is 46.9 Å². The number of aryl methyl sites for hydroxylation is 1. The lowest BCUT2D eigenvalue weighted by atomic mass is 10.1. The van der Waals surface area contributed by atoms with E-state index in [1.807, 2.05) is 24.3 Å². The number of benzene rings is 2. The predicted molar refractivity (Wildman–Crippen MR) is 79.3 cm³/mol. The Morgan fingerprint density at radius 1 is 1.21 bits per heavy atom. The molecule has 2 aromatic rings. The first-order chi connectivity index (χ1) is 9.04. The maximum atomic E-state index is 11.9. The Morgan fingerprint density at radius 3 is 2.53 bits per heavy atom. The number of hydrogen-bond acceptors (Lipinski definition) is 2. The van der Waals surface area contributed by atoms with Gasteiger partial charge in [0.1, 0.15) is 5.75 Å². The van der Waals surface area contributed by atoms with Crippen LogP contribution in [0.2, 0.25) is 0 Å². The molecular formula is C15H14BrNO2. The summed E-state index contributed by atoms with van der Waals surface area (Å²) in [5.41, 5.74) is 2.38. The van der Waals surface area contributed by atoms with Crippen molar-refractivity contribution >= 4 is 27.5 Å². The zero-order valence-corrected chi connectivity index (χ0v) is 12.1. The zero-order chi connectivity index (χ0) is 13.8. The van der Waals surface area contributed by atoms with Crippen molar-refractivity contribution in [1.29, 1.82) is 0 Å². The molecule has 98 valence electrons. The number of aromatic hydroxyl groups is 1. The maximum absolute atomic E-state index is 11.9. The monoisotopic (exact) mass is 319 g/mol. The fourth-order valence-electron chi connectivity index (χ4n) is 1.73. The molecule has 2 aromatic carbocycles. The van der Waals surface area contributed by atoms with Crippen LogP contribution in [0.25, 0.3) is 0 Å². The van der Waals surface area contributed by atoms with Crippen LogP contribution in [0.3, 0.4) is 0 Å². The van der Waals surface area contributed by atoms with E-state index in [9.17, 15) is 9.90 Å². The fraction of sp³-hybridized carbons (Fsp3) is 0.133. The maximum Gasteiger partial charge on any atom is 0.228 e. The van der Waals surface area contributed by atoms with E-state index in [0.717, 1.165) is 15.6 Å². The Balaban J connectivity index is 2.01. The highest BCUT2D eigenvalue weighted by molar-refractivity contribution is 9.10. The van der Waals surface area contributed by atoms with E-state index in [1.165, 1.54) is 0 Å². The molecule has 2 rings (SSSR count). The van der Waals surface area contributed by atoms with E-state index in [2.05, 4.69) is 21.2 Å². The highest BCUT2D eigenvalue weighted by atomic mass is 79.9. The molecule has 0 bridgehead atoms. The lowest BCUT2D eigenvalue weighted by Crippen LogP contribution is -2.14. The molecule has 0 aliphatic carbocycles. The molecule has 2 N–H and O–H groups in total. The van der Waals surface area contributed by atoms with Crippen molar-refractivity contribution in [3.63, 3.8) is 0 Å². The van der Waals surface area contributed by atoms with Gasteiger partial charge in [-0.05, 0) is 48.4 Å². The van der Waals surface area contributed by atoms with E-state index >= 15 is 0 Å². The molecular weight excluding hydrogens is 306 g/mol. The van der Waals surface area contributed by atoms with Crippen LogP contribution in [0.1, 0.15) is 11.1 Å². The van der Waals surface area contributed by atoms with Crippen LogP contribution in [0.4, 0.5) is 5.69 Å². The first kappa shape index (κ1) is 13.6. The normalized spacial score (nSPS) is 10.2. The number of anilines is 1. The van der Waals surface area contributed by atoms with Crippen molar-refractivity contribution in [1.82, 2.24) is 0 Å². The number of phenols is 1. The molecule has 19 heavy (non-hydrogen) atoms. The summed E-state index contributed by atoms with van der Waals surface area (Å²) in [6.07, 6.45) is 0.327. The summed E-state index contributed by atoms with van der Waals surface area (Å²) in [6, 6.07) is 12.6. The summed E-state index contributed by atoms with van der Waals surface area (Å²) in [5, 5.41) is 12.2. The summed E-state index contributed by atoms with van der Waals surface area (Å²) in [6.45, 7) is 1.79. The predicted octanol–water partition coefficient (Wildman–Crippen LogP) is 3.64. The van der Waals surface area contributed by atoms with E-state index in [1.54, 1.807) is 25.1 Å². The first-order valence-electron chi connectivity index (χ1n) is 5.88. The Morgan fingerprint density at radius 2 is 1.89 bits per heavy atom. The molecule has 0 saturated carbocycles. The Hall–Kier alpha value is -1.81. The highest BCUT2D eigenvalue weighted by Crippen LogP contribution is 2.20. The highest BCUT2D eigenvalue weighted by Gasteiger charge is 2.05. The van der Waals surface area contributed by atoms with E-state index in [-0.39, 0.29) is 11.7 Å². The van der Waals surface area contributed by atoms with Gasteiger partial charge in [-0.2, -0.15) is 0 Å². The van der Waals surface area contributed by atoms with Gasteiger partial charge in [0.05, 0.1) is 6.42 Å².